The van der Waals surface area contributed by atoms with Crippen LogP contribution in [-0.2, 0) is 0 Å². The lowest BCUT2D eigenvalue weighted by Crippen LogP contribution is -2.29. The van der Waals surface area contributed by atoms with Crippen molar-refractivity contribution in [3.05, 3.63) is 12.0 Å². The largest absolute Gasteiger partial charge is 0.440 e. The third-order valence-electron chi connectivity index (χ3n) is 1.58. The molecule has 0 aliphatic rings. The van der Waals surface area contributed by atoms with Crippen LogP contribution >= 0.6 is 11.8 Å². The number of hydrogen-bond donors (Lipinski definition) is 1. The molecule has 76 valence electrons. The van der Waals surface area contributed by atoms with Crippen molar-refractivity contribution in [2.45, 2.75) is 25.1 Å². The van der Waals surface area contributed by atoms with Gasteiger partial charge in [-0.1, -0.05) is 18.7 Å². The van der Waals surface area contributed by atoms with E-state index < -0.39 is 0 Å². The summed E-state index contributed by atoms with van der Waals surface area (Å²) in [5.74, 6) is 0.657. The average molecular weight is 211 g/mol. The molecule has 1 aromatic rings. The molecule has 1 aromatic heterocycles. The molecule has 0 aliphatic carbocycles. The van der Waals surface area contributed by atoms with Crippen LogP contribution in [0.15, 0.2) is 15.9 Å². The minimum Gasteiger partial charge on any atom is -0.440 e. The highest BCUT2D eigenvalue weighted by Gasteiger charge is 2.08. The highest BCUT2D eigenvalue weighted by Crippen LogP contribution is 2.17. The molecule has 0 saturated carbocycles. The molecule has 0 aromatic carbocycles. The van der Waals surface area contributed by atoms with Crippen molar-refractivity contribution in [2.75, 3.05) is 12.3 Å². The molecular formula is C9H13N3OS. The molecule has 0 bridgehead atoms. The minimum absolute atomic E-state index is 0.141. The second-order valence-corrected chi connectivity index (χ2v) is 3.78. The summed E-state index contributed by atoms with van der Waals surface area (Å²) in [5.41, 5.74) is 0.865. The number of aromatic nitrogens is 1. The molecule has 5 heteroatoms. The van der Waals surface area contributed by atoms with E-state index in [1.54, 1.807) is 6.26 Å². The smallest absolute Gasteiger partial charge is 0.255 e. The van der Waals surface area contributed by atoms with Gasteiger partial charge in [0.25, 0.3) is 5.22 Å². The van der Waals surface area contributed by atoms with Crippen molar-refractivity contribution < 1.29 is 4.42 Å². The second kappa shape index (κ2) is 5.68. The number of nitrogens with zero attached hydrogens (tertiary/aromatic N) is 2. The van der Waals surface area contributed by atoms with Gasteiger partial charge in [0, 0.05) is 5.75 Å². The lowest BCUT2D eigenvalue weighted by atomic mass is 10.4. The van der Waals surface area contributed by atoms with Crippen molar-refractivity contribution >= 4 is 11.8 Å². The number of rotatable bonds is 5. The van der Waals surface area contributed by atoms with E-state index in [1.165, 1.54) is 11.8 Å². The van der Waals surface area contributed by atoms with Crippen molar-refractivity contribution in [1.29, 1.82) is 5.26 Å². The molecule has 1 rings (SSSR count). The predicted molar refractivity (Wildman–Crippen MR) is 55.0 cm³/mol. The van der Waals surface area contributed by atoms with Gasteiger partial charge in [0.05, 0.1) is 11.8 Å². The maximum Gasteiger partial charge on any atom is 0.255 e. The van der Waals surface area contributed by atoms with Crippen LogP contribution in [0.3, 0.4) is 0 Å². The lowest BCUT2D eigenvalue weighted by molar-refractivity contribution is 0.453. The molecule has 0 saturated heterocycles. The van der Waals surface area contributed by atoms with Gasteiger partial charge in [-0.25, -0.2) is 4.98 Å². The maximum atomic E-state index is 8.76. The van der Waals surface area contributed by atoms with Gasteiger partial charge in [0.1, 0.15) is 12.3 Å². The molecule has 0 amide bonds. The first-order valence-electron chi connectivity index (χ1n) is 4.44. The summed E-state index contributed by atoms with van der Waals surface area (Å²) < 4.78 is 5.15. The summed E-state index contributed by atoms with van der Waals surface area (Å²) >= 11 is 1.45. The fraction of sp³-hybridized carbons (Fsp3) is 0.556. The van der Waals surface area contributed by atoms with E-state index in [2.05, 4.69) is 16.4 Å². The summed E-state index contributed by atoms with van der Waals surface area (Å²) in [5, 5.41) is 12.4. The van der Waals surface area contributed by atoms with Crippen LogP contribution in [0.1, 0.15) is 12.6 Å². The molecule has 4 nitrogen and oxygen atoms in total. The van der Waals surface area contributed by atoms with Crippen LogP contribution in [0, 0.1) is 18.3 Å². The molecule has 0 spiro atoms. The Balaban J connectivity index is 2.36. The van der Waals surface area contributed by atoms with Gasteiger partial charge in [0.2, 0.25) is 0 Å². The van der Waals surface area contributed by atoms with Gasteiger partial charge in [-0.15, -0.1) is 0 Å². The molecule has 1 heterocycles. The van der Waals surface area contributed by atoms with Crippen LogP contribution in [0.2, 0.25) is 0 Å². The average Bonchev–Trinajstić information content (AvgIpc) is 2.59. The van der Waals surface area contributed by atoms with Gasteiger partial charge >= 0.3 is 0 Å². The third kappa shape index (κ3) is 3.40. The molecular weight excluding hydrogens is 198 g/mol. The summed E-state index contributed by atoms with van der Waals surface area (Å²) in [7, 11) is 0. The van der Waals surface area contributed by atoms with Crippen LogP contribution in [0.25, 0.3) is 0 Å². The molecule has 0 aliphatic heterocycles. The normalized spacial score (nSPS) is 12.4. The predicted octanol–water partition coefficient (Wildman–Crippen LogP) is 1.58. The summed E-state index contributed by atoms with van der Waals surface area (Å²) in [6.45, 7) is 4.65. The van der Waals surface area contributed by atoms with Gasteiger partial charge in [-0.2, -0.15) is 5.26 Å². The topological polar surface area (TPSA) is 61.9 Å². The molecule has 0 fully saturated rings. The monoisotopic (exact) mass is 211 g/mol. The number of nitriles is 1. The highest BCUT2D eigenvalue weighted by atomic mass is 32.2. The Morgan fingerprint density at radius 3 is 3.07 bits per heavy atom. The number of nitrogens with one attached hydrogen (secondary N) is 1. The number of oxazole rings is 1. The van der Waals surface area contributed by atoms with E-state index in [0.717, 1.165) is 12.2 Å². The van der Waals surface area contributed by atoms with E-state index in [1.807, 2.05) is 13.8 Å². The zero-order valence-electron chi connectivity index (χ0n) is 8.28. The Hall–Kier alpha value is -0.990. The Kier molecular flexibility index (Phi) is 4.50. The van der Waals surface area contributed by atoms with E-state index >= 15 is 0 Å². The zero-order valence-corrected chi connectivity index (χ0v) is 9.10. The number of hydrogen-bond acceptors (Lipinski definition) is 5. The molecule has 14 heavy (non-hydrogen) atoms. The fourth-order valence-electron chi connectivity index (χ4n) is 0.942. The Bertz CT molecular complexity index is 318. The molecule has 0 radical (unpaired) electrons. The number of thioether (sulfide) groups is 1. The van der Waals surface area contributed by atoms with Crippen LogP contribution in [0.5, 0.6) is 0 Å². The molecule has 1 N–H and O–H groups in total. The minimum atomic E-state index is -0.141. The van der Waals surface area contributed by atoms with Crippen LogP contribution in [-0.4, -0.2) is 23.3 Å². The SMILES string of the molecule is CCNC(C#N)CSc1nc(C)co1. The standard InChI is InChI=1S/C9H13N3OS/c1-3-11-8(4-10)6-14-9-12-7(2)5-13-9/h5,8,11H,3,6H2,1-2H3. The van der Waals surface area contributed by atoms with Crippen molar-refractivity contribution in [3.8, 4) is 6.07 Å². The van der Waals surface area contributed by atoms with Gasteiger partial charge in [0.15, 0.2) is 0 Å². The lowest BCUT2D eigenvalue weighted by Gasteiger charge is -2.06. The van der Waals surface area contributed by atoms with E-state index in [0.29, 0.717) is 11.0 Å². The van der Waals surface area contributed by atoms with E-state index in [9.17, 15) is 0 Å². The summed E-state index contributed by atoms with van der Waals surface area (Å²) in [6.07, 6.45) is 1.61. The highest BCUT2D eigenvalue weighted by molar-refractivity contribution is 7.99. The Morgan fingerprint density at radius 1 is 1.79 bits per heavy atom. The summed E-state index contributed by atoms with van der Waals surface area (Å²) in [6, 6.07) is 2.04. The van der Waals surface area contributed by atoms with Gasteiger partial charge in [-0.3, -0.25) is 0 Å². The van der Waals surface area contributed by atoms with E-state index in [-0.39, 0.29) is 6.04 Å². The van der Waals surface area contributed by atoms with Crippen molar-refractivity contribution in [1.82, 2.24) is 10.3 Å². The quantitative estimate of drug-likeness (QED) is 0.749. The summed E-state index contributed by atoms with van der Waals surface area (Å²) in [4.78, 5) is 4.14. The Labute approximate surface area is 87.7 Å². The van der Waals surface area contributed by atoms with E-state index in [4.69, 9.17) is 9.68 Å². The van der Waals surface area contributed by atoms with Crippen LogP contribution < -0.4 is 5.32 Å². The molecule has 1 atom stereocenters. The van der Waals surface area contributed by atoms with Crippen LogP contribution in [0.4, 0.5) is 0 Å². The third-order valence-corrected chi connectivity index (χ3v) is 2.51. The second-order valence-electron chi connectivity index (χ2n) is 2.81. The Morgan fingerprint density at radius 2 is 2.57 bits per heavy atom. The fourth-order valence-corrected chi connectivity index (χ4v) is 1.77. The van der Waals surface area contributed by atoms with Gasteiger partial charge in [-0.05, 0) is 13.5 Å². The zero-order chi connectivity index (χ0) is 10.4. The van der Waals surface area contributed by atoms with Crippen molar-refractivity contribution in [3.63, 3.8) is 0 Å². The first kappa shape index (κ1) is 11.1. The van der Waals surface area contributed by atoms with Gasteiger partial charge < -0.3 is 9.73 Å². The van der Waals surface area contributed by atoms with Crippen molar-refractivity contribution in [2.24, 2.45) is 0 Å². The first-order chi connectivity index (χ1) is 6.76. The maximum absolute atomic E-state index is 8.76. The first-order valence-corrected chi connectivity index (χ1v) is 5.42. The molecule has 1 unspecified atom stereocenters. The number of aryl methyl sites for hydroxylation is 1.